The highest BCUT2D eigenvalue weighted by Gasteiger charge is 2.19. The SMILES string of the molecule is CC(C)(C)c1cc(Cc2ccc(N)c(C(C)(C)C)c2)ccc1N. The van der Waals surface area contributed by atoms with Gasteiger partial charge in [0.2, 0.25) is 0 Å². The van der Waals surface area contributed by atoms with Gasteiger partial charge in [0.05, 0.1) is 0 Å². The average Bonchev–Trinajstić information content (AvgIpc) is 2.40. The first-order chi connectivity index (χ1) is 10.5. The zero-order chi connectivity index (χ0) is 17.4. The zero-order valence-corrected chi connectivity index (χ0v) is 15.3. The maximum atomic E-state index is 6.15. The molecule has 2 aromatic rings. The number of rotatable bonds is 2. The molecule has 0 heterocycles. The van der Waals surface area contributed by atoms with Crippen molar-refractivity contribution in [1.29, 1.82) is 0 Å². The number of hydrogen-bond donors (Lipinski definition) is 2. The van der Waals surface area contributed by atoms with Crippen LogP contribution in [0, 0.1) is 0 Å². The molecule has 0 aliphatic heterocycles. The Balaban J connectivity index is 2.37. The molecule has 0 spiro atoms. The van der Waals surface area contributed by atoms with Crippen LogP contribution in [0.1, 0.15) is 63.8 Å². The van der Waals surface area contributed by atoms with E-state index in [1.165, 1.54) is 22.3 Å². The van der Waals surface area contributed by atoms with E-state index >= 15 is 0 Å². The summed E-state index contributed by atoms with van der Waals surface area (Å²) >= 11 is 0. The van der Waals surface area contributed by atoms with Crippen molar-refractivity contribution in [3.63, 3.8) is 0 Å². The van der Waals surface area contributed by atoms with E-state index in [-0.39, 0.29) is 10.8 Å². The molecule has 124 valence electrons. The predicted octanol–water partition coefficient (Wildman–Crippen LogP) is 5.04. The summed E-state index contributed by atoms with van der Waals surface area (Å²) in [6.45, 7) is 13.2. The third-order valence-electron chi connectivity index (χ3n) is 4.26. The molecule has 0 fully saturated rings. The molecule has 4 N–H and O–H groups in total. The van der Waals surface area contributed by atoms with Gasteiger partial charge in [0.15, 0.2) is 0 Å². The van der Waals surface area contributed by atoms with E-state index in [0.29, 0.717) is 0 Å². The van der Waals surface area contributed by atoms with Gasteiger partial charge in [-0.15, -0.1) is 0 Å². The normalized spacial score (nSPS) is 12.4. The van der Waals surface area contributed by atoms with E-state index < -0.39 is 0 Å². The molecule has 0 atom stereocenters. The Bertz CT molecular complexity index is 639. The van der Waals surface area contributed by atoms with Crippen molar-refractivity contribution in [2.45, 2.75) is 58.8 Å². The van der Waals surface area contributed by atoms with Crippen molar-refractivity contribution in [3.05, 3.63) is 58.7 Å². The van der Waals surface area contributed by atoms with Gasteiger partial charge in [-0.05, 0) is 51.6 Å². The number of nitrogen functional groups attached to an aromatic ring is 2. The van der Waals surface area contributed by atoms with Crippen LogP contribution in [0.15, 0.2) is 36.4 Å². The molecule has 23 heavy (non-hydrogen) atoms. The third-order valence-corrected chi connectivity index (χ3v) is 4.26. The van der Waals surface area contributed by atoms with Gasteiger partial charge in [-0.2, -0.15) is 0 Å². The summed E-state index contributed by atoms with van der Waals surface area (Å²) in [6.07, 6.45) is 0.896. The molecule has 0 amide bonds. The molecule has 0 saturated carbocycles. The Morgan fingerprint density at radius 2 is 1.00 bits per heavy atom. The molecule has 2 rings (SSSR count). The van der Waals surface area contributed by atoms with Crippen molar-refractivity contribution in [3.8, 4) is 0 Å². The molecule has 0 aliphatic carbocycles. The number of anilines is 2. The number of benzene rings is 2. The summed E-state index contributed by atoms with van der Waals surface area (Å²) in [5.41, 5.74) is 19.1. The fraction of sp³-hybridized carbons (Fsp3) is 0.429. The summed E-state index contributed by atoms with van der Waals surface area (Å²) in [5.74, 6) is 0. The van der Waals surface area contributed by atoms with Crippen LogP contribution in [-0.2, 0) is 17.3 Å². The van der Waals surface area contributed by atoms with Crippen LogP contribution in [-0.4, -0.2) is 0 Å². The van der Waals surface area contributed by atoms with E-state index in [9.17, 15) is 0 Å². The minimum Gasteiger partial charge on any atom is -0.398 e. The van der Waals surface area contributed by atoms with Gasteiger partial charge in [0, 0.05) is 11.4 Å². The fourth-order valence-electron chi connectivity index (χ4n) is 2.96. The van der Waals surface area contributed by atoms with E-state index in [1.54, 1.807) is 0 Å². The molecule has 0 radical (unpaired) electrons. The standard InChI is InChI=1S/C21H30N2/c1-20(2,3)16-12-14(7-9-18(16)22)11-15-8-10-19(23)17(13-15)21(4,5)6/h7-10,12-13H,11,22-23H2,1-6H3. The predicted molar refractivity (Wildman–Crippen MR) is 102 cm³/mol. The maximum absolute atomic E-state index is 6.15. The van der Waals surface area contributed by atoms with Crippen LogP contribution in [0.25, 0.3) is 0 Å². The van der Waals surface area contributed by atoms with Crippen molar-refractivity contribution >= 4 is 11.4 Å². The number of hydrogen-bond acceptors (Lipinski definition) is 2. The van der Waals surface area contributed by atoms with Crippen molar-refractivity contribution in [1.82, 2.24) is 0 Å². The Morgan fingerprint density at radius 1 is 0.652 bits per heavy atom. The van der Waals surface area contributed by atoms with Gasteiger partial charge < -0.3 is 11.5 Å². The Labute approximate surface area is 140 Å². The van der Waals surface area contributed by atoms with Crippen LogP contribution in [0.3, 0.4) is 0 Å². The Hall–Kier alpha value is -1.96. The monoisotopic (exact) mass is 310 g/mol. The summed E-state index contributed by atoms with van der Waals surface area (Å²) in [5, 5.41) is 0. The van der Waals surface area contributed by atoms with Crippen LogP contribution < -0.4 is 11.5 Å². The second-order valence-corrected chi connectivity index (χ2v) is 8.52. The average molecular weight is 310 g/mol. The highest BCUT2D eigenvalue weighted by molar-refractivity contribution is 5.54. The second-order valence-electron chi connectivity index (χ2n) is 8.52. The number of nitrogens with two attached hydrogens (primary N) is 2. The summed E-state index contributed by atoms with van der Waals surface area (Å²) < 4.78 is 0. The summed E-state index contributed by atoms with van der Waals surface area (Å²) in [4.78, 5) is 0. The molecule has 0 saturated heterocycles. The Morgan fingerprint density at radius 3 is 1.30 bits per heavy atom. The quantitative estimate of drug-likeness (QED) is 0.764. The minimum absolute atomic E-state index is 0.0534. The molecule has 2 aromatic carbocycles. The highest BCUT2D eigenvalue weighted by atomic mass is 14.6. The molecule has 0 unspecified atom stereocenters. The molecule has 2 nitrogen and oxygen atoms in total. The van der Waals surface area contributed by atoms with Gasteiger partial charge in [-0.3, -0.25) is 0 Å². The van der Waals surface area contributed by atoms with E-state index in [2.05, 4.69) is 65.8 Å². The molecule has 0 aromatic heterocycles. The van der Waals surface area contributed by atoms with Crippen molar-refractivity contribution in [2.75, 3.05) is 11.5 Å². The van der Waals surface area contributed by atoms with Crippen LogP contribution in [0.5, 0.6) is 0 Å². The molecule has 0 aliphatic rings. The zero-order valence-electron chi connectivity index (χ0n) is 15.3. The lowest BCUT2D eigenvalue weighted by Crippen LogP contribution is -2.15. The van der Waals surface area contributed by atoms with Gasteiger partial charge in [0.1, 0.15) is 0 Å². The summed E-state index contributed by atoms with van der Waals surface area (Å²) in [6, 6.07) is 12.8. The lowest BCUT2D eigenvalue weighted by atomic mass is 9.83. The van der Waals surface area contributed by atoms with Crippen LogP contribution >= 0.6 is 0 Å². The van der Waals surface area contributed by atoms with Gasteiger partial charge >= 0.3 is 0 Å². The van der Waals surface area contributed by atoms with E-state index in [1.807, 2.05) is 12.1 Å². The molecule has 2 heteroatoms. The van der Waals surface area contributed by atoms with Gasteiger partial charge in [-0.25, -0.2) is 0 Å². The van der Waals surface area contributed by atoms with E-state index in [0.717, 1.165) is 17.8 Å². The minimum atomic E-state index is 0.0534. The van der Waals surface area contributed by atoms with Gasteiger partial charge in [0.25, 0.3) is 0 Å². The lowest BCUT2D eigenvalue weighted by molar-refractivity contribution is 0.591. The fourth-order valence-corrected chi connectivity index (χ4v) is 2.96. The van der Waals surface area contributed by atoms with E-state index in [4.69, 9.17) is 11.5 Å². The van der Waals surface area contributed by atoms with Crippen molar-refractivity contribution in [2.24, 2.45) is 0 Å². The van der Waals surface area contributed by atoms with Crippen LogP contribution in [0.2, 0.25) is 0 Å². The smallest absolute Gasteiger partial charge is 0.0352 e. The second kappa shape index (κ2) is 5.92. The molecular formula is C21H30N2. The Kier molecular flexibility index (Phi) is 4.48. The van der Waals surface area contributed by atoms with Gasteiger partial charge in [-0.1, -0.05) is 65.8 Å². The molecule has 0 bridgehead atoms. The summed E-state index contributed by atoms with van der Waals surface area (Å²) in [7, 11) is 0. The van der Waals surface area contributed by atoms with Crippen LogP contribution in [0.4, 0.5) is 11.4 Å². The largest absolute Gasteiger partial charge is 0.398 e. The highest BCUT2D eigenvalue weighted by Crippen LogP contribution is 2.31. The molecular weight excluding hydrogens is 280 g/mol. The topological polar surface area (TPSA) is 52.0 Å². The first-order valence-corrected chi connectivity index (χ1v) is 8.26. The maximum Gasteiger partial charge on any atom is 0.0352 e. The first kappa shape index (κ1) is 17.4. The lowest BCUT2D eigenvalue weighted by Gasteiger charge is -2.23. The van der Waals surface area contributed by atoms with Crippen molar-refractivity contribution < 1.29 is 0 Å². The third kappa shape index (κ3) is 4.07. The first-order valence-electron chi connectivity index (χ1n) is 8.26.